The topological polar surface area (TPSA) is 61.5 Å². The van der Waals surface area contributed by atoms with Gasteiger partial charge in [-0.15, -0.1) is 0 Å². The van der Waals surface area contributed by atoms with Crippen molar-refractivity contribution in [1.82, 2.24) is 14.5 Å². The summed E-state index contributed by atoms with van der Waals surface area (Å²) in [6, 6.07) is 11.0. The average Bonchev–Trinajstić information content (AvgIpc) is 3.12. The summed E-state index contributed by atoms with van der Waals surface area (Å²) in [6.07, 6.45) is 6.84. The molecule has 3 aromatic rings. The molecular formula is C23H27N3O2. The van der Waals surface area contributed by atoms with Gasteiger partial charge in [0, 0.05) is 47.5 Å². The Balaban J connectivity index is 1.72. The lowest BCUT2D eigenvalue weighted by atomic mass is 9.95. The Morgan fingerprint density at radius 3 is 2.71 bits per heavy atom. The highest BCUT2D eigenvalue weighted by Gasteiger charge is 2.41. The Hall–Kier alpha value is -2.21. The predicted octanol–water partition coefficient (Wildman–Crippen LogP) is 3.13. The van der Waals surface area contributed by atoms with Crippen LogP contribution in [-0.2, 0) is 25.2 Å². The number of fused-ring (bicyclic) bond motifs is 6. The summed E-state index contributed by atoms with van der Waals surface area (Å²) in [6.45, 7) is 2.33. The molecule has 1 fully saturated rings. The highest BCUT2D eigenvalue weighted by Crippen LogP contribution is 2.47. The van der Waals surface area contributed by atoms with E-state index >= 15 is 0 Å². The first-order valence-electron chi connectivity index (χ1n) is 10.1. The number of aromatic nitrogens is 2. The second-order valence-electron chi connectivity index (χ2n) is 8.54. The first-order valence-corrected chi connectivity index (χ1v) is 10.1. The lowest BCUT2D eigenvalue weighted by Gasteiger charge is -2.33. The fraction of sp³-hybridized carbons (Fsp3) is 0.435. The molecule has 5 heteroatoms. The molecule has 0 radical (unpaired) electrons. The second kappa shape index (κ2) is 6.41. The summed E-state index contributed by atoms with van der Waals surface area (Å²) >= 11 is 0. The van der Waals surface area contributed by atoms with Crippen LogP contribution in [0.5, 0.6) is 0 Å². The number of likely N-dealkylation sites (N-methyl/N-ethyl adjacent to an activating group) is 1. The minimum absolute atomic E-state index is 0.00156. The normalized spacial score (nSPS) is 23.7. The molecule has 0 amide bonds. The minimum Gasteiger partial charge on any atom is -0.392 e. The smallest absolute Gasteiger partial charge is 0.105 e. The van der Waals surface area contributed by atoms with E-state index in [1.54, 1.807) is 12.4 Å². The summed E-state index contributed by atoms with van der Waals surface area (Å²) in [5.41, 5.74) is 4.56. The van der Waals surface area contributed by atoms with Crippen LogP contribution in [0, 0.1) is 0 Å². The van der Waals surface area contributed by atoms with E-state index < -0.39 is 5.60 Å². The van der Waals surface area contributed by atoms with Gasteiger partial charge in [-0.05, 0) is 50.1 Å². The van der Waals surface area contributed by atoms with Crippen LogP contribution >= 0.6 is 0 Å². The van der Waals surface area contributed by atoms with E-state index in [4.69, 9.17) is 0 Å². The standard InChI is InChI=1S/C23H27N3O2/c1-23(28,16-8-10-24-11-9-16)14-26-20-12-17-6-7-19(25(17)2)21(20)18-5-3-4-15(13-27)22(18)26/h3-5,8-11,17,19,27-28H,6-7,12-14H2,1-2H3. The number of benzene rings is 1. The molecule has 28 heavy (non-hydrogen) atoms. The first-order chi connectivity index (χ1) is 13.5. The number of para-hydroxylation sites is 1. The highest BCUT2D eigenvalue weighted by molar-refractivity contribution is 5.89. The maximum Gasteiger partial charge on any atom is 0.105 e. The molecule has 1 saturated heterocycles. The van der Waals surface area contributed by atoms with Gasteiger partial charge in [0.1, 0.15) is 5.60 Å². The van der Waals surface area contributed by atoms with Crippen LogP contribution in [0.1, 0.15) is 48.2 Å². The largest absolute Gasteiger partial charge is 0.392 e. The van der Waals surface area contributed by atoms with Crippen LogP contribution in [0.15, 0.2) is 42.7 Å². The molecule has 5 nitrogen and oxygen atoms in total. The van der Waals surface area contributed by atoms with Crippen molar-refractivity contribution in [2.75, 3.05) is 7.05 Å². The SMILES string of the molecule is CN1C2CCC1c1c(n(CC(C)(O)c3ccncc3)c3c(CO)cccc13)C2. The van der Waals surface area contributed by atoms with Gasteiger partial charge in [-0.25, -0.2) is 0 Å². The van der Waals surface area contributed by atoms with Crippen molar-refractivity contribution in [2.24, 2.45) is 0 Å². The maximum atomic E-state index is 11.4. The molecule has 2 aliphatic heterocycles. The number of nitrogens with zero attached hydrogens (tertiary/aromatic N) is 3. The van der Waals surface area contributed by atoms with Crippen LogP contribution in [0.2, 0.25) is 0 Å². The number of hydrogen-bond acceptors (Lipinski definition) is 4. The predicted molar refractivity (Wildman–Crippen MR) is 109 cm³/mol. The van der Waals surface area contributed by atoms with Crippen LogP contribution in [0.3, 0.4) is 0 Å². The van der Waals surface area contributed by atoms with Gasteiger partial charge in [0.2, 0.25) is 0 Å². The zero-order valence-corrected chi connectivity index (χ0v) is 16.5. The van der Waals surface area contributed by atoms with Crippen LogP contribution in [0.25, 0.3) is 10.9 Å². The molecular weight excluding hydrogens is 350 g/mol. The van der Waals surface area contributed by atoms with Gasteiger partial charge in [0.25, 0.3) is 0 Å². The van der Waals surface area contributed by atoms with Crippen molar-refractivity contribution in [3.05, 3.63) is 65.1 Å². The Kier molecular flexibility index (Phi) is 4.09. The lowest BCUT2D eigenvalue weighted by molar-refractivity contribution is 0.0380. The number of aliphatic hydroxyl groups is 2. The van der Waals surface area contributed by atoms with Crippen molar-refractivity contribution < 1.29 is 10.2 Å². The quantitative estimate of drug-likeness (QED) is 0.733. The average molecular weight is 377 g/mol. The fourth-order valence-electron chi connectivity index (χ4n) is 5.40. The van der Waals surface area contributed by atoms with Gasteiger partial charge in [-0.2, -0.15) is 0 Å². The third-order valence-electron chi connectivity index (χ3n) is 6.86. The first kappa shape index (κ1) is 17.9. The summed E-state index contributed by atoms with van der Waals surface area (Å²) in [5.74, 6) is 0. The Labute approximate surface area is 165 Å². The number of pyridine rings is 1. The van der Waals surface area contributed by atoms with Crippen molar-refractivity contribution in [3.8, 4) is 0 Å². The van der Waals surface area contributed by atoms with Crippen molar-refractivity contribution >= 4 is 10.9 Å². The lowest BCUT2D eigenvalue weighted by Crippen LogP contribution is -2.36. The molecule has 0 spiro atoms. The molecule has 5 rings (SSSR count). The van der Waals surface area contributed by atoms with Crippen LogP contribution < -0.4 is 0 Å². The zero-order chi connectivity index (χ0) is 19.5. The minimum atomic E-state index is -1.02. The Morgan fingerprint density at radius 1 is 1.18 bits per heavy atom. The molecule has 2 N–H and O–H groups in total. The highest BCUT2D eigenvalue weighted by atomic mass is 16.3. The second-order valence-corrected chi connectivity index (χ2v) is 8.54. The number of hydrogen-bond donors (Lipinski definition) is 2. The van der Waals surface area contributed by atoms with E-state index in [-0.39, 0.29) is 6.61 Å². The molecule has 3 unspecified atom stereocenters. The maximum absolute atomic E-state index is 11.4. The molecule has 146 valence electrons. The third kappa shape index (κ3) is 2.54. The van der Waals surface area contributed by atoms with Gasteiger partial charge < -0.3 is 14.8 Å². The van der Waals surface area contributed by atoms with Gasteiger partial charge in [-0.1, -0.05) is 18.2 Å². The summed E-state index contributed by atoms with van der Waals surface area (Å²) in [5, 5.41) is 22.6. The number of aliphatic hydroxyl groups excluding tert-OH is 1. The summed E-state index contributed by atoms with van der Waals surface area (Å²) < 4.78 is 2.29. The molecule has 1 aromatic carbocycles. The van der Waals surface area contributed by atoms with Crippen molar-refractivity contribution in [3.63, 3.8) is 0 Å². The van der Waals surface area contributed by atoms with Gasteiger partial charge in [0.15, 0.2) is 0 Å². The van der Waals surface area contributed by atoms with Gasteiger partial charge in [0.05, 0.1) is 18.7 Å². The Morgan fingerprint density at radius 2 is 1.96 bits per heavy atom. The summed E-state index contributed by atoms with van der Waals surface area (Å²) in [7, 11) is 2.23. The van der Waals surface area contributed by atoms with E-state index in [9.17, 15) is 10.2 Å². The van der Waals surface area contributed by atoms with E-state index in [0.29, 0.717) is 18.6 Å². The molecule has 0 aliphatic carbocycles. The van der Waals surface area contributed by atoms with E-state index in [0.717, 1.165) is 23.1 Å². The van der Waals surface area contributed by atoms with Crippen molar-refractivity contribution in [1.29, 1.82) is 0 Å². The van der Waals surface area contributed by atoms with E-state index in [1.165, 1.54) is 29.5 Å². The molecule has 2 aliphatic rings. The van der Waals surface area contributed by atoms with E-state index in [2.05, 4.69) is 27.6 Å². The molecule has 0 saturated carbocycles. The van der Waals surface area contributed by atoms with Gasteiger partial charge >= 0.3 is 0 Å². The Bertz CT molecular complexity index is 1030. The zero-order valence-electron chi connectivity index (χ0n) is 16.5. The molecule has 4 heterocycles. The monoisotopic (exact) mass is 377 g/mol. The van der Waals surface area contributed by atoms with Crippen molar-refractivity contribution in [2.45, 2.75) is 57.0 Å². The summed E-state index contributed by atoms with van der Waals surface area (Å²) in [4.78, 5) is 6.60. The van der Waals surface area contributed by atoms with Gasteiger partial charge in [-0.3, -0.25) is 9.88 Å². The fourth-order valence-corrected chi connectivity index (χ4v) is 5.40. The molecule has 2 aromatic heterocycles. The molecule has 2 bridgehead atoms. The number of rotatable bonds is 4. The third-order valence-corrected chi connectivity index (χ3v) is 6.86. The van der Waals surface area contributed by atoms with Crippen LogP contribution in [0.4, 0.5) is 0 Å². The van der Waals surface area contributed by atoms with Crippen LogP contribution in [-0.4, -0.2) is 37.8 Å². The molecule has 3 atom stereocenters. The van der Waals surface area contributed by atoms with E-state index in [1.807, 2.05) is 31.2 Å².